The summed E-state index contributed by atoms with van der Waals surface area (Å²) in [5.74, 6) is 0.479. The number of nitrogens with zero attached hydrogens (tertiary/aromatic N) is 5. The zero-order valence-corrected chi connectivity index (χ0v) is 24.3. The van der Waals surface area contributed by atoms with Crippen molar-refractivity contribution < 1.29 is 23.4 Å². The van der Waals surface area contributed by atoms with Gasteiger partial charge in [0.05, 0.1) is 18.3 Å². The predicted octanol–water partition coefficient (Wildman–Crippen LogP) is 5.55. The highest BCUT2D eigenvalue weighted by molar-refractivity contribution is 6.32. The summed E-state index contributed by atoms with van der Waals surface area (Å²) in [5, 5.41) is 2.72. The fourth-order valence-electron chi connectivity index (χ4n) is 4.59. The number of pyridine rings is 1. The molecule has 11 nitrogen and oxygen atoms in total. The van der Waals surface area contributed by atoms with Crippen molar-refractivity contribution in [3.05, 3.63) is 71.8 Å². The van der Waals surface area contributed by atoms with Crippen LogP contribution in [0.4, 0.5) is 21.6 Å². The molecule has 0 saturated carbocycles. The average molecular weight is 606 g/mol. The first kappa shape index (κ1) is 29.5. The molecule has 13 heteroatoms. The van der Waals surface area contributed by atoms with Gasteiger partial charge in [-0.2, -0.15) is 0 Å². The summed E-state index contributed by atoms with van der Waals surface area (Å²) >= 11 is 6.36. The molecule has 3 heterocycles. The smallest absolute Gasteiger partial charge is 0.258 e. The summed E-state index contributed by atoms with van der Waals surface area (Å²) in [4.78, 5) is 30.8. The molecule has 1 amide bonds. The van der Waals surface area contributed by atoms with Gasteiger partial charge in [-0.3, -0.25) is 9.79 Å². The molecule has 1 fully saturated rings. The zero-order valence-electron chi connectivity index (χ0n) is 23.5. The number of fused-ring (bicyclic) bond motifs is 1. The van der Waals surface area contributed by atoms with Gasteiger partial charge in [0.1, 0.15) is 34.5 Å². The Bertz CT molecular complexity index is 1710. The number of piperidine rings is 1. The molecule has 0 atom stereocenters. The molecule has 1 aliphatic heterocycles. The summed E-state index contributed by atoms with van der Waals surface area (Å²) in [6, 6.07) is 9.71. The lowest BCUT2D eigenvalue weighted by Crippen LogP contribution is -2.41. The van der Waals surface area contributed by atoms with Crippen LogP contribution in [0.5, 0.6) is 23.1 Å². The third-order valence-corrected chi connectivity index (χ3v) is 7.18. The fraction of sp³-hybridized carbons (Fsp3) is 0.233. The van der Waals surface area contributed by atoms with Crippen LogP contribution >= 0.6 is 11.6 Å². The summed E-state index contributed by atoms with van der Waals surface area (Å²) in [6.07, 6.45) is 5.29. The lowest BCUT2D eigenvalue weighted by molar-refractivity contribution is -0.127. The van der Waals surface area contributed by atoms with E-state index in [9.17, 15) is 4.79 Å². The molecule has 43 heavy (non-hydrogen) atoms. The topological polar surface area (TPSA) is 137 Å². The summed E-state index contributed by atoms with van der Waals surface area (Å²) < 4.78 is 32.9. The van der Waals surface area contributed by atoms with Crippen molar-refractivity contribution in [2.24, 2.45) is 4.99 Å². The SMILES string of the molecule is C=CC(=O)N1CCC(Oc2nc3c(Nc4ccc(Oc5ccc(C=NC)c(N)c5)c(Cl)c4F)ncnc3cc2OC)CC1. The summed E-state index contributed by atoms with van der Waals surface area (Å²) in [6.45, 7) is 4.61. The Labute approximate surface area is 252 Å². The minimum atomic E-state index is -0.751. The number of ether oxygens (including phenoxy) is 3. The molecule has 0 unspecified atom stereocenters. The van der Waals surface area contributed by atoms with Gasteiger partial charge in [0, 0.05) is 62.6 Å². The van der Waals surface area contributed by atoms with Crippen LogP contribution in [0.3, 0.4) is 0 Å². The maximum atomic E-state index is 15.5. The van der Waals surface area contributed by atoms with Crippen LogP contribution in [-0.2, 0) is 4.79 Å². The Balaban J connectivity index is 1.38. The Hall–Kier alpha value is -4.97. The number of nitrogens with two attached hydrogens (primary N) is 1. The average Bonchev–Trinajstić information content (AvgIpc) is 3.02. The second-order valence-electron chi connectivity index (χ2n) is 9.58. The van der Waals surface area contributed by atoms with Gasteiger partial charge in [-0.05, 0) is 30.3 Å². The third kappa shape index (κ3) is 6.44. The molecule has 2 aromatic heterocycles. The predicted molar refractivity (Wildman–Crippen MR) is 163 cm³/mol. The maximum absolute atomic E-state index is 15.5. The highest BCUT2D eigenvalue weighted by atomic mass is 35.5. The number of halogens is 2. The number of nitrogens with one attached hydrogen (secondary N) is 1. The lowest BCUT2D eigenvalue weighted by Gasteiger charge is -2.31. The van der Waals surface area contributed by atoms with E-state index in [0.717, 1.165) is 5.56 Å². The van der Waals surface area contributed by atoms with Gasteiger partial charge < -0.3 is 30.2 Å². The Kier molecular flexibility index (Phi) is 8.86. The molecule has 5 rings (SSSR count). The van der Waals surface area contributed by atoms with Crippen LogP contribution in [0.25, 0.3) is 11.0 Å². The number of benzene rings is 2. The number of amides is 1. The van der Waals surface area contributed by atoms with E-state index in [1.54, 1.807) is 42.4 Å². The van der Waals surface area contributed by atoms with Crippen molar-refractivity contribution in [2.75, 3.05) is 38.3 Å². The number of hydrogen-bond acceptors (Lipinski definition) is 10. The molecular formula is C30H29ClFN7O4. The summed E-state index contributed by atoms with van der Waals surface area (Å²) in [7, 11) is 3.15. The molecule has 3 N–H and O–H groups in total. The molecule has 0 bridgehead atoms. The van der Waals surface area contributed by atoms with E-state index in [1.165, 1.54) is 31.6 Å². The molecule has 1 aliphatic rings. The number of carbonyl (C=O) groups excluding carboxylic acids is 1. The first-order chi connectivity index (χ1) is 20.8. The minimum Gasteiger partial charge on any atom is -0.491 e. The molecular weight excluding hydrogens is 577 g/mol. The number of likely N-dealkylation sites (tertiary alicyclic amines) is 1. The van der Waals surface area contributed by atoms with E-state index >= 15 is 4.39 Å². The molecule has 1 saturated heterocycles. The van der Waals surface area contributed by atoms with E-state index in [2.05, 4.69) is 31.8 Å². The molecule has 0 radical (unpaired) electrons. The van der Waals surface area contributed by atoms with Gasteiger partial charge in [0.15, 0.2) is 17.4 Å². The molecule has 222 valence electrons. The van der Waals surface area contributed by atoms with Crippen molar-refractivity contribution in [1.82, 2.24) is 19.9 Å². The molecule has 0 aliphatic carbocycles. The van der Waals surface area contributed by atoms with Crippen molar-refractivity contribution in [2.45, 2.75) is 18.9 Å². The quantitative estimate of drug-likeness (QED) is 0.143. The number of nitrogen functional groups attached to an aromatic ring is 1. The van der Waals surface area contributed by atoms with Crippen LogP contribution in [0.2, 0.25) is 5.02 Å². The highest BCUT2D eigenvalue weighted by Gasteiger charge is 2.25. The molecule has 4 aromatic rings. The van der Waals surface area contributed by atoms with Crippen LogP contribution in [0.15, 0.2) is 60.4 Å². The Morgan fingerprint density at radius 3 is 2.70 bits per heavy atom. The van der Waals surface area contributed by atoms with E-state index < -0.39 is 5.82 Å². The van der Waals surface area contributed by atoms with Crippen LogP contribution in [-0.4, -0.2) is 65.3 Å². The second kappa shape index (κ2) is 12.9. The molecule has 2 aromatic carbocycles. The Morgan fingerprint density at radius 1 is 1.21 bits per heavy atom. The number of carbonyl (C=O) groups is 1. The number of aliphatic imine (C=N–C) groups is 1. The standard InChI is InChI=1S/C30H29ClFN7O4/c1-4-25(40)39-11-9-18(10-12-39)43-30-24(41-3)14-22-28(38-30)29(36-16-35-22)37-21-7-8-23(26(31)27(21)32)42-19-6-5-17(15-34-2)20(33)13-19/h4-8,13-16,18H,1,9-12,33H2,2-3H3,(H,35,36,37). The van der Waals surface area contributed by atoms with Gasteiger partial charge in [-0.15, -0.1) is 0 Å². The maximum Gasteiger partial charge on any atom is 0.258 e. The monoisotopic (exact) mass is 605 g/mol. The van der Waals surface area contributed by atoms with E-state index in [1.807, 2.05) is 0 Å². The van der Waals surface area contributed by atoms with E-state index in [4.69, 9.17) is 31.5 Å². The van der Waals surface area contributed by atoms with Crippen LogP contribution in [0, 0.1) is 5.82 Å². The van der Waals surface area contributed by atoms with Crippen molar-refractivity contribution in [3.63, 3.8) is 0 Å². The van der Waals surface area contributed by atoms with Crippen molar-refractivity contribution in [3.8, 4) is 23.1 Å². The normalized spacial score (nSPS) is 13.7. The largest absolute Gasteiger partial charge is 0.491 e. The third-order valence-electron chi connectivity index (χ3n) is 6.82. The number of hydrogen-bond donors (Lipinski definition) is 2. The first-order valence-electron chi connectivity index (χ1n) is 13.3. The first-order valence-corrected chi connectivity index (χ1v) is 13.7. The lowest BCUT2D eigenvalue weighted by atomic mass is 10.1. The van der Waals surface area contributed by atoms with Gasteiger partial charge in [0.25, 0.3) is 5.88 Å². The van der Waals surface area contributed by atoms with Crippen molar-refractivity contribution >= 4 is 51.9 Å². The summed E-state index contributed by atoms with van der Waals surface area (Å²) in [5.41, 5.74) is 8.06. The highest BCUT2D eigenvalue weighted by Crippen LogP contribution is 2.38. The molecule has 0 spiro atoms. The van der Waals surface area contributed by atoms with E-state index in [0.29, 0.717) is 54.2 Å². The van der Waals surface area contributed by atoms with Gasteiger partial charge in [-0.25, -0.2) is 19.3 Å². The Morgan fingerprint density at radius 2 is 2.00 bits per heavy atom. The van der Waals surface area contributed by atoms with Gasteiger partial charge in [0.2, 0.25) is 5.91 Å². The van der Waals surface area contributed by atoms with Crippen molar-refractivity contribution in [1.29, 1.82) is 0 Å². The van der Waals surface area contributed by atoms with Gasteiger partial charge in [-0.1, -0.05) is 18.2 Å². The van der Waals surface area contributed by atoms with Gasteiger partial charge >= 0.3 is 0 Å². The number of anilines is 3. The zero-order chi connectivity index (χ0) is 30.5. The van der Waals surface area contributed by atoms with Crippen LogP contribution in [0.1, 0.15) is 18.4 Å². The van der Waals surface area contributed by atoms with E-state index in [-0.39, 0.29) is 40.2 Å². The fourth-order valence-corrected chi connectivity index (χ4v) is 4.79. The second-order valence-corrected chi connectivity index (χ2v) is 9.95. The number of methoxy groups -OCH3 is 1. The van der Waals surface area contributed by atoms with Crippen LogP contribution < -0.4 is 25.3 Å². The number of rotatable bonds is 9. The number of aromatic nitrogens is 3. The minimum absolute atomic E-state index is 0.0470.